The van der Waals surface area contributed by atoms with Crippen molar-refractivity contribution in [2.75, 3.05) is 23.3 Å². The number of nitrogens with one attached hydrogen (secondary N) is 1. The van der Waals surface area contributed by atoms with E-state index in [0.29, 0.717) is 28.0 Å². The van der Waals surface area contributed by atoms with Crippen LogP contribution in [0.2, 0.25) is 5.02 Å². The molecule has 4 rings (SSSR count). The zero-order valence-corrected chi connectivity index (χ0v) is 15.3. The van der Waals surface area contributed by atoms with Crippen LogP contribution in [0.3, 0.4) is 0 Å². The van der Waals surface area contributed by atoms with Gasteiger partial charge in [-0.05, 0) is 38.1 Å². The summed E-state index contributed by atoms with van der Waals surface area (Å²) in [6.07, 6.45) is 3.51. The molecule has 1 aromatic carbocycles. The predicted molar refractivity (Wildman–Crippen MR) is 102 cm³/mol. The number of anilines is 3. The molecule has 1 N–H and O–H groups in total. The lowest BCUT2D eigenvalue weighted by atomic mass is 10.2. The van der Waals surface area contributed by atoms with Crippen molar-refractivity contribution in [3.8, 4) is 0 Å². The SMILES string of the molecule is C[C@@H]1CN(c2nc(Nc3ccc(Cl)cc3)c3nccnc3n2)C[C@@H](C)O1. The van der Waals surface area contributed by atoms with Gasteiger partial charge < -0.3 is 15.0 Å². The van der Waals surface area contributed by atoms with E-state index in [1.54, 1.807) is 12.4 Å². The average molecular weight is 371 g/mol. The number of morpholine rings is 1. The Morgan fingerprint density at radius 1 is 1.04 bits per heavy atom. The van der Waals surface area contributed by atoms with Gasteiger partial charge in [0.1, 0.15) is 0 Å². The Morgan fingerprint density at radius 3 is 2.46 bits per heavy atom. The van der Waals surface area contributed by atoms with Crippen molar-refractivity contribution < 1.29 is 4.74 Å². The third kappa shape index (κ3) is 3.54. The fourth-order valence-corrected chi connectivity index (χ4v) is 3.22. The first kappa shape index (κ1) is 16.9. The molecule has 2 aromatic heterocycles. The van der Waals surface area contributed by atoms with Gasteiger partial charge in [-0.3, -0.25) is 0 Å². The highest BCUT2D eigenvalue weighted by Gasteiger charge is 2.25. The minimum Gasteiger partial charge on any atom is -0.372 e. The van der Waals surface area contributed by atoms with Crippen molar-refractivity contribution in [1.29, 1.82) is 0 Å². The maximum absolute atomic E-state index is 5.97. The number of hydrogen-bond acceptors (Lipinski definition) is 7. The van der Waals surface area contributed by atoms with Crippen LogP contribution in [0.5, 0.6) is 0 Å². The Hall–Kier alpha value is -2.51. The standard InChI is InChI=1S/C18H19ClN6O/c1-11-9-25(10-12(2)26-11)18-23-16-15(20-7-8-21-16)17(24-18)22-14-5-3-13(19)4-6-14/h3-8,11-12H,9-10H2,1-2H3,(H,21,22,23,24)/t11-,12-/m1/s1. The molecule has 26 heavy (non-hydrogen) atoms. The molecule has 7 nitrogen and oxygen atoms in total. The van der Waals surface area contributed by atoms with Gasteiger partial charge in [-0.2, -0.15) is 9.97 Å². The second kappa shape index (κ2) is 7.01. The molecule has 2 atom stereocenters. The van der Waals surface area contributed by atoms with Crippen molar-refractivity contribution in [2.24, 2.45) is 0 Å². The first-order valence-corrected chi connectivity index (χ1v) is 8.88. The van der Waals surface area contributed by atoms with Crippen molar-refractivity contribution >= 4 is 40.2 Å². The van der Waals surface area contributed by atoms with Gasteiger partial charge in [0.2, 0.25) is 5.95 Å². The third-order valence-corrected chi connectivity index (χ3v) is 4.38. The van der Waals surface area contributed by atoms with Crippen LogP contribution in [0.25, 0.3) is 11.2 Å². The Morgan fingerprint density at radius 2 is 1.73 bits per heavy atom. The van der Waals surface area contributed by atoms with E-state index in [2.05, 4.69) is 39.0 Å². The first-order chi connectivity index (χ1) is 12.6. The Balaban J connectivity index is 1.74. The van der Waals surface area contributed by atoms with Gasteiger partial charge in [0, 0.05) is 36.2 Å². The van der Waals surface area contributed by atoms with Crippen LogP contribution >= 0.6 is 11.6 Å². The van der Waals surface area contributed by atoms with Crippen molar-refractivity contribution in [3.05, 3.63) is 41.7 Å². The molecule has 0 amide bonds. The highest BCUT2D eigenvalue weighted by molar-refractivity contribution is 6.30. The zero-order valence-electron chi connectivity index (χ0n) is 14.6. The van der Waals surface area contributed by atoms with Gasteiger partial charge in [-0.25, -0.2) is 9.97 Å². The van der Waals surface area contributed by atoms with E-state index in [4.69, 9.17) is 21.3 Å². The van der Waals surface area contributed by atoms with E-state index >= 15 is 0 Å². The highest BCUT2D eigenvalue weighted by Crippen LogP contribution is 2.26. The third-order valence-electron chi connectivity index (χ3n) is 4.13. The predicted octanol–water partition coefficient (Wildman–Crippen LogP) is 3.43. The van der Waals surface area contributed by atoms with E-state index in [1.165, 1.54) is 0 Å². The number of rotatable bonds is 3. The Bertz CT molecular complexity index is 909. The van der Waals surface area contributed by atoms with Crippen LogP contribution in [-0.4, -0.2) is 45.2 Å². The molecule has 1 fully saturated rings. The summed E-state index contributed by atoms with van der Waals surface area (Å²) >= 11 is 5.97. The van der Waals surface area contributed by atoms with Crippen LogP contribution < -0.4 is 10.2 Å². The normalized spacial score (nSPS) is 20.3. The molecule has 1 saturated heterocycles. The molecule has 0 radical (unpaired) electrons. The quantitative estimate of drug-likeness (QED) is 0.756. The lowest BCUT2D eigenvalue weighted by Crippen LogP contribution is -2.46. The van der Waals surface area contributed by atoms with Gasteiger partial charge in [0.05, 0.1) is 12.2 Å². The second-order valence-corrected chi connectivity index (χ2v) is 6.83. The maximum atomic E-state index is 5.97. The van der Waals surface area contributed by atoms with Crippen LogP contribution in [0.15, 0.2) is 36.7 Å². The first-order valence-electron chi connectivity index (χ1n) is 8.50. The molecule has 3 aromatic rings. The topological polar surface area (TPSA) is 76.1 Å². The molecule has 0 aliphatic carbocycles. The summed E-state index contributed by atoms with van der Waals surface area (Å²) in [5.74, 6) is 1.24. The number of aromatic nitrogens is 4. The average Bonchev–Trinajstić information content (AvgIpc) is 2.63. The summed E-state index contributed by atoms with van der Waals surface area (Å²) in [6, 6.07) is 7.44. The summed E-state index contributed by atoms with van der Waals surface area (Å²) in [5, 5.41) is 3.99. The summed E-state index contributed by atoms with van der Waals surface area (Å²) in [5.41, 5.74) is 2.05. The fourth-order valence-electron chi connectivity index (χ4n) is 3.09. The summed E-state index contributed by atoms with van der Waals surface area (Å²) in [6.45, 7) is 5.57. The lowest BCUT2D eigenvalue weighted by molar-refractivity contribution is -0.00569. The van der Waals surface area contributed by atoms with Crippen LogP contribution in [0.4, 0.5) is 17.5 Å². The summed E-state index contributed by atoms with van der Waals surface area (Å²) in [7, 11) is 0. The molecule has 0 unspecified atom stereocenters. The van der Waals surface area contributed by atoms with Crippen LogP contribution in [0, 0.1) is 0 Å². The molecule has 8 heteroatoms. The molecular formula is C18H19ClN6O. The molecule has 1 aliphatic rings. The van der Waals surface area contributed by atoms with Gasteiger partial charge in [-0.15, -0.1) is 0 Å². The number of fused-ring (bicyclic) bond motifs is 1. The van der Waals surface area contributed by atoms with E-state index in [0.717, 1.165) is 18.8 Å². The molecule has 0 bridgehead atoms. The van der Waals surface area contributed by atoms with Crippen molar-refractivity contribution in [3.63, 3.8) is 0 Å². The van der Waals surface area contributed by atoms with E-state index in [1.807, 2.05) is 24.3 Å². The largest absolute Gasteiger partial charge is 0.372 e. The monoisotopic (exact) mass is 370 g/mol. The molecule has 134 valence electrons. The second-order valence-electron chi connectivity index (χ2n) is 6.39. The van der Waals surface area contributed by atoms with Crippen LogP contribution in [-0.2, 0) is 4.74 Å². The summed E-state index contributed by atoms with van der Waals surface area (Å²) < 4.78 is 5.81. The number of halogens is 1. The zero-order chi connectivity index (χ0) is 18.1. The fraction of sp³-hybridized carbons (Fsp3) is 0.333. The van der Waals surface area contributed by atoms with E-state index < -0.39 is 0 Å². The number of hydrogen-bond donors (Lipinski definition) is 1. The van der Waals surface area contributed by atoms with Gasteiger partial charge >= 0.3 is 0 Å². The number of ether oxygens (including phenoxy) is 1. The lowest BCUT2D eigenvalue weighted by Gasteiger charge is -2.35. The maximum Gasteiger partial charge on any atom is 0.229 e. The van der Waals surface area contributed by atoms with E-state index in [9.17, 15) is 0 Å². The Kier molecular flexibility index (Phi) is 4.57. The van der Waals surface area contributed by atoms with Gasteiger partial charge in [0.25, 0.3) is 0 Å². The van der Waals surface area contributed by atoms with Crippen molar-refractivity contribution in [2.45, 2.75) is 26.1 Å². The molecular weight excluding hydrogens is 352 g/mol. The summed E-state index contributed by atoms with van der Waals surface area (Å²) in [4.78, 5) is 20.2. The van der Waals surface area contributed by atoms with Crippen molar-refractivity contribution in [1.82, 2.24) is 19.9 Å². The minimum absolute atomic E-state index is 0.118. The van der Waals surface area contributed by atoms with E-state index in [-0.39, 0.29) is 12.2 Å². The molecule has 0 saturated carbocycles. The smallest absolute Gasteiger partial charge is 0.229 e. The number of nitrogens with zero attached hydrogens (tertiary/aromatic N) is 5. The van der Waals surface area contributed by atoms with Gasteiger partial charge in [0.15, 0.2) is 17.0 Å². The molecule has 3 heterocycles. The van der Waals surface area contributed by atoms with Crippen LogP contribution in [0.1, 0.15) is 13.8 Å². The minimum atomic E-state index is 0.118. The number of benzene rings is 1. The van der Waals surface area contributed by atoms with Gasteiger partial charge in [-0.1, -0.05) is 11.6 Å². The Labute approximate surface area is 156 Å². The molecule has 1 aliphatic heterocycles. The highest BCUT2D eigenvalue weighted by atomic mass is 35.5. The molecule has 0 spiro atoms.